The first-order valence-electron chi connectivity index (χ1n) is 6.84. The Morgan fingerprint density at radius 2 is 1.95 bits per heavy atom. The van der Waals surface area contributed by atoms with E-state index in [1.807, 2.05) is 20.8 Å². The van der Waals surface area contributed by atoms with Crippen LogP contribution >= 0.6 is 11.8 Å². The van der Waals surface area contributed by atoms with Crippen molar-refractivity contribution in [2.24, 2.45) is 11.1 Å². The van der Waals surface area contributed by atoms with Crippen LogP contribution in [-0.2, 0) is 9.59 Å². The third-order valence-electron chi connectivity index (χ3n) is 4.16. The molecule has 0 aromatic heterocycles. The van der Waals surface area contributed by atoms with Crippen molar-refractivity contribution < 1.29 is 14.7 Å². The van der Waals surface area contributed by atoms with Crippen LogP contribution in [0.25, 0.3) is 0 Å². The van der Waals surface area contributed by atoms with Crippen LogP contribution in [0.2, 0.25) is 0 Å². The summed E-state index contributed by atoms with van der Waals surface area (Å²) in [7, 11) is 0. The average Bonchev–Trinajstić information content (AvgIpc) is 2.84. The average molecular weight is 288 g/mol. The largest absolute Gasteiger partial charge is 0.480 e. The Hall–Kier alpha value is -0.750. The molecule has 1 heterocycles. The van der Waals surface area contributed by atoms with Crippen molar-refractivity contribution in [2.45, 2.75) is 51.4 Å². The number of amides is 1. The zero-order valence-corrected chi connectivity index (χ0v) is 12.7. The van der Waals surface area contributed by atoms with E-state index in [9.17, 15) is 14.7 Å². The fourth-order valence-electron chi connectivity index (χ4n) is 2.54. The van der Waals surface area contributed by atoms with Gasteiger partial charge < -0.3 is 15.7 Å². The highest BCUT2D eigenvalue weighted by Gasteiger charge is 2.47. The molecule has 1 amide bonds. The van der Waals surface area contributed by atoms with Crippen LogP contribution in [0.5, 0.6) is 0 Å². The summed E-state index contributed by atoms with van der Waals surface area (Å²) in [6.07, 6.45) is 2.04. The van der Waals surface area contributed by atoms with E-state index in [1.165, 1.54) is 0 Å². The van der Waals surface area contributed by atoms with Crippen LogP contribution in [0.15, 0.2) is 0 Å². The van der Waals surface area contributed by atoms with Gasteiger partial charge in [-0.3, -0.25) is 4.79 Å². The topological polar surface area (TPSA) is 83.6 Å². The van der Waals surface area contributed by atoms with Crippen LogP contribution in [0.1, 0.15) is 40.0 Å². The summed E-state index contributed by atoms with van der Waals surface area (Å²) in [6.45, 7) is 6.12. The summed E-state index contributed by atoms with van der Waals surface area (Å²) in [5, 5.41) is 9.25. The molecule has 0 bridgehead atoms. The Bertz CT molecular complexity index is 337. The molecule has 5 nitrogen and oxygen atoms in total. The fraction of sp³-hybridized carbons (Fsp3) is 0.846. The minimum atomic E-state index is -0.921. The fourth-order valence-corrected chi connectivity index (χ4v) is 3.89. The van der Waals surface area contributed by atoms with E-state index < -0.39 is 17.4 Å². The van der Waals surface area contributed by atoms with Gasteiger partial charge in [-0.1, -0.05) is 20.8 Å². The zero-order valence-electron chi connectivity index (χ0n) is 11.9. The number of carbonyl (C=O) groups excluding carboxylic acids is 1. The Kier molecular flexibility index (Phi) is 5.67. The van der Waals surface area contributed by atoms with Gasteiger partial charge in [-0.2, -0.15) is 0 Å². The standard InChI is InChI=1S/C13H24N2O3S/c1-4-10-15(9(7-19-10)11(16)17)12(18)13(5-2,6-3)8-14/h9-10H,4-8,14H2,1-3H3,(H,16,17). The van der Waals surface area contributed by atoms with E-state index in [0.29, 0.717) is 18.6 Å². The van der Waals surface area contributed by atoms with Crippen molar-refractivity contribution in [1.82, 2.24) is 4.90 Å². The first-order valence-corrected chi connectivity index (χ1v) is 7.89. The third-order valence-corrected chi connectivity index (χ3v) is 5.61. The van der Waals surface area contributed by atoms with Crippen molar-refractivity contribution in [3.63, 3.8) is 0 Å². The van der Waals surface area contributed by atoms with Crippen LogP contribution in [0.4, 0.5) is 0 Å². The smallest absolute Gasteiger partial charge is 0.327 e. The van der Waals surface area contributed by atoms with Crippen molar-refractivity contribution in [3.05, 3.63) is 0 Å². The van der Waals surface area contributed by atoms with Gasteiger partial charge in [-0.05, 0) is 19.3 Å². The lowest BCUT2D eigenvalue weighted by Gasteiger charge is -2.37. The Labute approximate surface area is 118 Å². The summed E-state index contributed by atoms with van der Waals surface area (Å²) in [5.41, 5.74) is 5.19. The number of nitrogens with zero attached hydrogens (tertiary/aromatic N) is 1. The molecule has 6 heteroatoms. The van der Waals surface area contributed by atoms with Crippen molar-refractivity contribution in [1.29, 1.82) is 0 Å². The van der Waals surface area contributed by atoms with Gasteiger partial charge in [0.2, 0.25) is 5.91 Å². The molecule has 0 radical (unpaired) electrons. The predicted octanol–water partition coefficient (Wildman–Crippen LogP) is 1.52. The van der Waals surface area contributed by atoms with Gasteiger partial charge in [0.25, 0.3) is 0 Å². The predicted molar refractivity (Wildman–Crippen MR) is 76.9 cm³/mol. The molecular formula is C13H24N2O3S. The number of nitrogens with two attached hydrogens (primary N) is 1. The molecule has 1 saturated heterocycles. The van der Waals surface area contributed by atoms with Gasteiger partial charge in [-0.25, -0.2) is 4.79 Å². The van der Waals surface area contributed by atoms with E-state index >= 15 is 0 Å². The van der Waals surface area contributed by atoms with Crippen LogP contribution in [0, 0.1) is 5.41 Å². The molecule has 0 aromatic carbocycles. The third kappa shape index (κ3) is 2.89. The van der Waals surface area contributed by atoms with E-state index in [2.05, 4.69) is 0 Å². The summed E-state index contributed by atoms with van der Waals surface area (Å²) in [6, 6.07) is -0.716. The number of hydrogen-bond donors (Lipinski definition) is 2. The van der Waals surface area contributed by atoms with Crippen molar-refractivity contribution in [2.75, 3.05) is 12.3 Å². The highest BCUT2D eigenvalue weighted by atomic mass is 32.2. The SMILES string of the molecule is CCC1SCC(C(=O)O)N1C(=O)C(CC)(CC)CN. The highest BCUT2D eigenvalue weighted by Crippen LogP contribution is 2.37. The van der Waals surface area contributed by atoms with Crippen LogP contribution < -0.4 is 5.73 Å². The Balaban J connectivity index is 3.07. The van der Waals surface area contributed by atoms with Crippen molar-refractivity contribution in [3.8, 4) is 0 Å². The number of rotatable bonds is 6. The summed E-state index contributed by atoms with van der Waals surface area (Å²) < 4.78 is 0. The number of thioether (sulfide) groups is 1. The number of carboxylic acids is 1. The van der Waals surface area contributed by atoms with Gasteiger partial charge in [0, 0.05) is 12.3 Å². The number of aliphatic carboxylic acids is 1. The molecule has 0 saturated carbocycles. The summed E-state index contributed by atoms with van der Waals surface area (Å²) >= 11 is 1.55. The molecule has 1 aliphatic heterocycles. The van der Waals surface area contributed by atoms with E-state index in [4.69, 9.17) is 5.73 Å². The minimum Gasteiger partial charge on any atom is -0.480 e. The van der Waals surface area contributed by atoms with Gasteiger partial charge in [0.1, 0.15) is 6.04 Å². The highest BCUT2D eigenvalue weighted by molar-refractivity contribution is 8.00. The molecule has 110 valence electrons. The van der Waals surface area contributed by atoms with E-state index in [0.717, 1.165) is 6.42 Å². The second-order valence-corrected chi connectivity index (χ2v) is 6.17. The van der Waals surface area contributed by atoms with Crippen molar-refractivity contribution >= 4 is 23.6 Å². The van der Waals surface area contributed by atoms with Crippen LogP contribution in [0.3, 0.4) is 0 Å². The second kappa shape index (κ2) is 6.61. The van der Waals surface area contributed by atoms with Gasteiger partial charge in [0.15, 0.2) is 0 Å². The summed E-state index contributed by atoms with van der Waals surface area (Å²) in [4.78, 5) is 25.7. The maximum absolute atomic E-state index is 12.8. The molecule has 1 aliphatic rings. The molecule has 1 fully saturated rings. The first kappa shape index (κ1) is 16.3. The normalized spacial score (nSPS) is 23.7. The van der Waals surface area contributed by atoms with Crippen LogP contribution in [-0.4, -0.2) is 45.6 Å². The van der Waals surface area contributed by atoms with Gasteiger partial charge >= 0.3 is 5.97 Å². The number of carbonyl (C=O) groups is 2. The molecular weight excluding hydrogens is 264 g/mol. The van der Waals surface area contributed by atoms with Gasteiger partial charge in [0.05, 0.1) is 10.8 Å². The maximum Gasteiger partial charge on any atom is 0.327 e. The first-order chi connectivity index (χ1) is 8.97. The van der Waals surface area contributed by atoms with Gasteiger partial charge in [-0.15, -0.1) is 11.8 Å². The Morgan fingerprint density at radius 1 is 1.37 bits per heavy atom. The molecule has 2 atom stereocenters. The molecule has 0 spiro atoms. The lowest BCUT2D eigenvalue weighted by Crippen LogP contribution is -2.54. The van der Waals surface area contributed by atoms with E-state index in [-0.39, 0.29) is 17.8 Å². The van der Waals surface area contributed by atoms with E-state index in [1.54, 1.807) is 16.7 Å². The monoisotopic (exact) mass is 288 g/mol. The molecule has 3 N–H and O–H groups in total. The summed E-state index contributed by atoms with van der Waals surface area (Å²) in [5.74, 6) is -0.549. The molecule has 1 rings (SSSR count). The number of carboxylic acid groups (broad SMARTS) is 1. The zero-order chi connectivity index (χ0) is 14.6. The molecule has 0 aliphatic carbocycles. The lowest BCUT2D eigenvalue weighted by atomic mass is 9.80. The molecule has 0 aromatic rings. The quantitative estimate of drug-likeness (QED) is 0.774. The molecule has 2 unspecified atom stereocenters. The molecule has 19 heavy (non-hydrogen) atoms. The number of hydrogen-bond acceptors (Lipinski definition) is 4. The minimum absolute atomic E-state index is 0.0439. The Morgan fingerprint density at radius 3 is 2.32 bits per heavy atom. The lowest BCUT2D eigenvalue weighted by molar-refractivity contribution is -0.154. The maximum atomic E-state index is 12.8. The second-order valence-electron chi connectivity index (χ2n) is 4.95.